The van der Waals surface area contributed by atoms with E-state index in [0.717, 1.165) is 10.6 Å². The van der Waals surface area contributed by atoms with Gasteiger partial charge >= 0.3 is 6.18 Å². The maximum atomic E-state index is 13.2. The molecule has 0 spiro atoms. The van der Waals surface area contributed by atoms with Gasteiger partial charge in [-0.25, -0.2) is 4.98 Å². The van der Waals surface area contributed by atoms with E-state index in [1.165, 1.54) is 11.3 Å². The molecule has 0 bridgehead atoms. The van der Waals surface area contributed by atoms with Gasteiger partial charge in [0.2, 0.25) is 0 Å². The summed E-state index contributed by atoms with van der Waals surface area (Å²) in [4.78, 5) is 17.2. The SMILES string of the molecule is Cc1nc(CC(=O)C2(C(F)(F)F)CCNC2)sc1C. The molecule has 106 valence electrons. The van der Waals surface area contributed by atoms with Crippen molar-refractivity contribution in [3.8, 4) is 0 Å². The number of nitrogens with one attached hydrogen (secondary N) is 1. The van der Waals surface area contributed by atoms with Gasteiger partial charge in [0.1, 0.15) is 10.4 Å². The van der Waals surface area contributed by atoms with Crippen molar-refractivity contribution in [1.82, 2.24) is 10.3 Å². The minimum absolute atomic E-state index is 0.182. The van der Waals surface area contributed by atoms with Crippen molar-refractivity contribution in [3.05, 3.63) is 15.6 Å². The first-order chi connectivity index (χ1) is 8.76. The molecule has 7 heteroatoms. The van der Waals surface area contributed by atoms with Crippen LogP contribution in [0.5, 0.6) is 0 Å². The number of hydrogen-bond acceptors (Lipinski definition) is 4. The average Bonchev–Trinajstić information content (AvgIpc) is 2.86. The quantitative estimate of drug-likeness (QED) is 0.930. The Morgan fingerprint density at radius 1 is 1.47 bits per heavy atom. The predicted octanol–water partition coefficient (Wildman–Crippen LogP) is 2.41. The summed E-state index contributed by atoms with van der Waals surface area (Å²) in [6.07, 6.45) is -4.92. The van der Waals surface area contributed by atoms with E-state index in [1.54, 1.807) is 6.92 Å². The second-order valence-electron chi connectivity index (χ2n) is 4.86. The molecule has 0 aliphatic carbocycles. The third-order valence-corrected chi connectivity index (χ3v) is 4.69. The number of rotatable bonds is 3. The van der Waals surface area contributed by atoms with Crippen molar-refractivity contribution in [2.75, 3.05) is 13.1 Å². The Labute approximate surface area is 113 Å². The minimum Gasteiger partial charge on any atom is -0.315 e. The number of aryl methyl sites for hydroxylation is 2. The lowest BCUT2D eigenvalue weighted by atomic mass is 9.80. The van der Waals surface area contributed by atoms with Crippen molar-refractivity contribution in [1.29, 1.82) is 0 Å². The van der Waals surface area contributed by atoms with Crippen LogP contribution >= 0.6 is 11.3 Å². The smallest absolute Gasteiger partial charge is 0.315 e. The molecule has 1 aliphatic rings. The zero-order valence-electron chi connectivity index (χ0n) is 10.7. The number of thiazole rings is 1. The Hall–Kier alpha value is -0.950. The summed E-state index contributed by atoms with van der Waals surface area (Å²) in [6, 6.07) is 0. The van der Waals surface area contributed by atoms with Gasteiger partial charge < -0.3 is 5.32 Å². The topological polar surface area (TPSA) is 42.0 Å². The maximum Gasteiger partial charge on any atom is 0.402 e. The third-order valence-electron chi connectivity index (χ3n) is 3.62. The molecule has 0 radical (unpaired) electrons. The van der Waals surface area contributed by atoms with Gasteiger partial charge in [-0.3, -0.25) is 4.79 Å². The van der Waals surface area contributed by atoms with Crippen LogP contribution in [0.4, 0.5) is 13.2 Å². The lowest BCUT2D eigenvalue weighted by Crippen LogP contribution is -2.47. The number of halogens is 3. The molecule has 0 aromatic carbocycles. The van der Waals surface area contributed by atoms with Crippen LogP contribution in [0, 0.1) is 19.3 Å². The van der Waals surface area contributed by atoms with E-state index in [9.17, 15) is 18.0 Å². The molecule has 2 heterocycles. The predicted molar refractivity (Wildman–Crippen MR) is 66.3 cm³/mol. The third kappa shape index (κ3) is 2.53. The summed E-state index contributed by atoms with van der Waals surface area (Å²) in [5, 5.41) is 3.11. The van der Waals surface area contributed by atoms with Gasteiger partial charge in [0.05, 0.1) is 12.1 Å². The van der Waals surface area contributed by atoms with E-state index >= 15 is 0 Å². The van der Waals surface area contributed by atoms with Gasteiger partial charge in [0.15, 0.2) is 5.78 Å². The highest BCUT2D eigenvalue weighted by atomic mass is 32.1. The van der Waals surface area contributed by atoms with Crippen molar-refractivity contribution >= 4 is 17.1 Å². The molecule has 19 heavy (non-hydrogen) atoms. The number of alkyl halides is 3. The Balaban J connectivity index is 2.22. The van der Waals surface area contributed by atoms with Crippen molar-refractivity contribution in [2.24, 2.45) is 5.41 Å². The standard InChI is InChI=1S/C12H15F3N2OS/c1-7-8(2)19-10(17-7)5-9(18)11(12(13,14)15)3-4-16-6-11/h16H,3-6H2,1-2H3. The van der Waals surface area contributed by atoms with E-state index in [2.05, 4.69) is 10.3 Å². The Bertz CT molecular complexity index is 470. The zero-order chi connectivity index (χ0) is 14.3. The van der Waals surface area contributed by atoms with Crippen LogP contribution in [0.25, 0.3) is 0 Å². The van der Waals surface area contributed by atoms with Gasteiger partial charge in [-0.15, -0.1) is 11.3 Å². The van der Waals surface area contributed by atoms with E-state index in [0.29, 0.717) is 5.01 Å². The van der Waals surface area contributed by atoms with Crippen molar-refractivity contribution in [3.63, 3.8) is 0 Å². The van der Waals surface area contributed by atoms with Crippen LogP contribution in [0.1, 0.15) is 22.0 Å². The Kier molecular flexibility index (Phi) is 3.70. The normalized spacial score (nSPS) is 23.8. The van der Waals surface area contributed by atoms with Crippen LogP contribution in [-0.2, 0) is 11.2 Å². The van der Waals surface area contributed by atoms with E-state index < -0.39 is 17.4 Å². The first-order valence-electron chi connectivity index (χ1n) is 6.00. The molecule has 1 N–H and O–H groups in total. The second kappa shape index (κ2) is 4.86. The molecule has 1 atom stereocenters. The lowest BCUT2D eigenvalue weighted by molar-refractivity contribution is -0.214. The lowest BCUT2D eigenvalue weighted by Gasteiger charge is -2.28. The molecule has 1 saturated heterocycles. The first kappa shape index (κ1) is 14.5. The fourth-order valence-electron chi connectivity index (χ4n) is 2.25. The summed E-state index contributed by atoms with van der Waals surface area (Å²) in [5.41, 5.74) is -1.46. The summed E-state index contributed by atoms with van der Waals surface area (Å²) in [5.74, 6) is -0.779. The summed E-state index contributed by atoms with van der Waals surface area (Å²) >= 11 is 1.29. The van der Waals surface area contributed by atoms with E-state index in [-0.39, 0.29) is 25.9 Å². The van der Waals surface area contributed by atoms with Gasteiger partial charge in [0, 0.05) is 11.4 Å². The molecule has 0 saturated carbocycles. The van der Waals surface area contributed by atoms with Crippen LogP contribution in [-0.4, -0.2) is 30.0 Å². The van der Waals surface area contributed by atoms with Gasteiger partial charge in [-0.05, 0) is 26.8 Å². The second-order valence-corrected chi connectivity index (χ2v) is 6.14. The van der Waals surface area contributed by atoms with Crippen LogP contribution in [0.2, 0.25) is 0 Å². The largest absolute Gasteiger partial charge is 0.402 e. The Morgan fingerprint density at radius 2 is 2.16 bits per heavy atom. The minimum atomic E-state index is -4.51. The number of ketones is 1. The Morgan fingerprint density at radius 3 is 2.58 bits per heavy atom. The highest BCUT2D eigenvalue weighted by molar-refractivity contribution is 7.11. The highest BCUT2D eigenvalue weighted by Gasteiger charge is 2.60. The molecule has 1 fully saturated rings. The molecular weight excluding hydrogens is 277 g/mol. The number of aromatic nitrogens is 1. The molecule has 0 amide bonds. The van der Waals surface area contributed by atoms with Gasteiger partial charge in [0.25, 0.3) is 0 Å². The molecule has 2 rings (SSSR count). The molecule has 3 nitrogen and oxygen atoms in total. The monoisotopic (exact) mass is 292 g/mol. The van der Waals surface area contributed by atoms with Crippen LogP contribution in [0.3, 0.4) is 0 Å². The molecule has 1 aromatic heterocycles. The summed E-state index contributed by atoms with van der Waals surface area (Å²) < 4.78 is 39.5. The fraction of sp³-hybridized carbons (Fsp3) is 0.667. The summed E-state index contributed by atoms with van der Waals surface area (Å²) in [7, 11) is 0. The molecule has 1 unspecified atom stereocenters. The van der Waals surface area contributed by atoms with Crippen molar-refractivity contribution < 1.29 is 18.0 Å². The highest BCUT2D eigenvalue weighted by Crippen LogP contribution is 2.44. The molecular formula is C12H15F3N2OS. The number of carbonyl (C=O) groups excluding carboxylic acids is 1. The van der Waals surface area contributed by atoms with Gasteiger partial charge in [-0.2, -0.15) is 13.2 Å². The van der Waals surface area contributed by atoms with Gasteiger partial charge in [-0.1, -0.05) is 0 Å². The van der Waals surface area contributed by atoms with E-state index in [4.69, 9.17) is 0 Å². The number of Topliss-reactive ketones (excluding diaryl/α,β-unsaturated/α-hetero) is 1. The molecule has 1 aliphatic heterocycles. The van der Waals surface area contributed by atoms with Crippen LogP contribution < -0.4 is 5.32 Å². The van der Waals surface area contributed by atoms with Crippen LogP contribution in [0.15, 0.2) is 0 Å². The van der Waals surface area contributed by atoms with Crippen molar-refractivity contribution in [2.45, 2.75) is 32.9 Å². The average molecular weight is 292 g/mol. The van der Waals surface area contributed by atoms with E-state index in [1.807, 2.05) is 6.92 Å². The number of carbonyl (C=O) groups is 1. The zero-order valence-corrected chi connectivity index (χ0v) is 11.5. The number of nitrogens with zero attached hydrogens (tertiary/aromatic N) is 1. The summed E-state index contributed by atoms with van der Waals surface area (Å²) in [6.45, 7) is 3.54. The molecule has 1 aromatic rings. The maximum absolute atomic E-state index is 13.2. The first-order valence-corrected chi connectivity index (χ1v) is 6.81. The fourth-order valence-corrected chi connectivity index (χ4v) is 3.18. The number of hydrogen-bond donors (Lipinski definition) is 1.